The zero-order chi connectivity index (χ0) is 30.2. The molecule has 6 heteroatoms. The van der Waals surface area contributed by atoms with Crippen molar-refractivity contribution in [2.45, 2.75) is 32.6 Å². The van der Waals surface area contributed by atoms with E-state index in [0.29, 0.717) is 22.6 Å². The van der Waals surface area contributed by atoms with E-state index in [0.717, 1.165) is 28.0 Å². The summed E-state index contributed by atoms with van der Waals surface area (Å²) in [7, 11) is 0. The number of hydrogen-bond donors (Lipinski definition) is 0. The molecule has 6 nitrogen and oxygen atoms in total. The third kappa shape index (κ3) is 6.81. The van der Waals surface area contributed by atoms with E-state index in [9.17, 15) is 9.59 Å². The van der Waals surface area contributed by atoms with Crippen LogP contribution in [-0.2, 0) is 14.9 Å². The molecule has 5 aromatic carbocycles. The standard InChI is InChI=1S/C37H36O6/c1-4-37(2,3)28-19-20-31-32(25-28)34(41-22-24-43-36(39)27-15-9-6-10-16-27)30-18-12-11-17-29(30)33(31)40-21-23-42-35(38)26-13-7-5-8-14-26/h5-20,25H,4,21-24H2,1-3H3. The summed E-state index contributed by atoms with van der Waals surface area (Å²) < 4.78 is 23.7. The summed E-state index contributed by atoms with van der Waals surface area (Å²) in [5.41, 5.74) is 2.14. The fourth-order valence-corrected chi connectivity index (χ4v) is 4.91. The zero-order valence-electron chi connectivity index (χ0n) is 24.8. The quantitative estimate of drug-likeness (QED) is 0.0848. The van der Waals surface area contributed by atoms with Crippen LogP contribution in [0.5, 0.6) is 11.5 Å². The molecule has 0 aromatic heterocycles. The third-order valence-corrected chi connectivity index (χ3v) is 7.74. The molecular formula is C37H36O6. The highest BCUT2D eigenvalue weighted by Gasteiger charge is 2.22. The number of benzene rings is 5. The maximum absolute atomic E-state index is 12.4. The Balaban J connectivity index is 1.42. The number of carbonyl (C=O) groups is 2. The molecule has 0 fully saturated rings. The molecule has 5 aromatic rings. The summed E-state index contributed by atoms with van der Waals surface area (Å²) in [4.78, 5) is 24.8. The smallest absolute Gasteiger partial charge is 0.338 e. The van der Waals surface area contributed by atoms with Gasteiger partial charge in [0.25, 0.3) is 0 Å². The highest BCUT2D eigenvalue weighted by Crippen LogP contribution is 2.44. The van der Waals surface area contributed by atoms with E-state index < -0.39 is 0 Å². The topological polar surface area (TPSA) is 71.1 Å². The molecule has 0 saturated heterocycles. The Labute approximate surface area is 252 Å². The van der Waals surface area contributed by atoms with Crippen LogP contribution in [0.15, 0.2) is 103 Å². The van der Waals surface area contributed by atoms with Gasteiger partial charge in [-0.3, -0.25) is 0 Å². The van der Waals surface area contributed by atoms with Crippen LogP contribution in [0.1, 0.15) is 53.5 Å². The van der Waals surface area contributed by atoms with Gasteiger partial charge in [0.2, 0.25) is 0 Å². The normalized spacial score (nSPS) is 11.3. The molecule has 0 atom stereocenters. The van der Waals surface area contributed by atoms with E-state index in [-0.39, 0.29) is 43.8 Å². The summed E-state index contributed by atoms with van der Waals surface area (Å²) in [6.07, 6.45) is 0.966. The third-order valence-electron chi connectivity index (χ3n) is 7.74. The molecule has 0 aliphatic rings. The van der Waals surface area contributed by atoms with Gasteiger partial charge in [-0.15, -0.1) is 0 Å². The molecule has 220 valence electrons. The van der Waals surface area contributed by atoms with Gasteiger partial charge in [0.05, 0.1) is 11.1 Å². The Morgan fingerprint density at radius 3 is 1.49 bits per heavy atom. The Morgan fingerprint density at radius 1 is 0.558 bits per heavy atom. The van der Waals surface area contributed by atoms with Crippen LogP contribution in [0.4, 0.5) is 0 Å². The minimum atomic E-state index is -0.387. The first-order valence-electron chi connectivity index (χ1n) is 14.6. The number of hydrogen-bond acceptors (Lipinski definition) is 6. The van der Waals surface area contributed by atoms with Gasteiger partial charge in [-0.05, 0) is 47.7 Å². The van der Waals surface area contributed by atoms with Crippen molar-refractivity contribution in [3.05, 3.63) is 120 Å². The Morgan fingerprint density at radius 2 is 1.00 bits per heavy atom. The fourth-order valence-electron chi connectivity index (χ4n) is 4.91. The summed E-state index contributed by atoms with van der Waals surface area (Å²) in [6, 6.07) is 32.1. The minimum absolute atomic E-state index is 0.0466. The molecule has 0 N–H and O–H groups in total. The first-order valence-corrected chi connectivity index (χ1v) is 14.6. The van der Waals surface area contributed by atoms with Gasteiger partial charge in [0.15, 0.2) is 0 Å². The number of carbonyl (C=O) groups excluding carboxylic acids is 2. The average molecular weight is 577 g/mol. The van der Waals surface area contributed by atoms with Gasteiger partial charge in [-0.1, -0.05) is 93.6 Å². The van der Waals surface area contributed by atoms with Gasteiger partial charge in [-0.25, -0.2) is 9.59 Å². The summed E-state index contributed by atoms with van der Waals surface area (Å²) in [5.74, 6) is 0.632. The van der Waals surface area contributed by atoms with E-state index in [4.69, 9.17) is 18.9 Å². The maximum atomic E-state index is 12.4. The first-order chi connectivity index (χ1) is 20.9. The molecule has 0 radical (unpaired) electrons. The van der Waals surface area contributed by atoms with E-state index in [1.54, 1.807) is 48.5 Å². The molecule has 0 aliphatic heterocycles. The lowest BCUT2D eigenvalue weighted by molar-refractivity contribution is 0.0443. The fraction of sp³-hybridized carbons (Fsp3) is 0.243. The largest absolute Gasteiger partial charge is 0.489 e. The molecule has 5 rings (SSSR count). The van der Waals surface area contributed by atoms with Gasteiger partial charge in [-0.2, -0.15) is 0 Å². The molecule has 0 heterocycles. The predicted molar refractivity (Wildman–Crippen MR) is 169 cm³/mol. The minimum Gasteiger partial charge on any atom is -0.489 e. The van der Waals surface area contributed by atoms with Crippen LogP contribution >= 0.6 is 0 Å². The van der Waals surface area contributed by atoms with Crippen molar-refractivity contribution in [1.29, 1.82) is 0 Å². The van der Waals surface area contributed by atoms with Gasteiger partial charge < -0.3 is 18.9 Å². The van der Waals surface area contributed by atoms with Crippen LogP contribution in [0.3, 0.4) is 0 Å². The van der Waals surface area contributed by atoms with Crippen molar-refractivity contribution >= 4 is 33.5 Å². The molecule has 0 spiro atoms. The second-order valence-corrected chi connectivity index (χ2v) is 10.9. The first kappa shape index (κ1) is 29.6. The van der Waals surface area contributed by atoms with E-state index >= 15 is 0 Å². The number of fused-ring (bicyclic) bond motifs is 2. The van der Waals surface area contributed by atoms with Crippen LogP contribution in [0, 0.1) is 0 Å². The molecule has 0 bridgehead atoms. The predicted octanol–water partition coefficient (Wildman–Crippen LogP) is 8.15. The van der Waals surface area contributed by atoms with Crippen LogP contribution < -0.4 is 9.47 Å². The number of rotatable bonds is 12. The van der Waals surface area contributed by atoms with Crippen LogP contribution in [-0.4, -0.2) is 38.4 Å². The van der Waals surface area contributed by atoms with Crippen LogP contribution in [0.2, 0.25) is 0 Å². The lowest BCUT2D eigenvalue weighted by Gasteiger charge is -2.25. The van der Waals surface area contributed by atoms with Gasteiger partial charge in [0, 0.05) is 21.5 Å². The second kappa shape index (κ2) is 13.4. The average Bonchev–Trinajstić information content (AvgIpc) is 3.05. The number of esters is 2. The molecule has 0 saturated carbocycles. The molecule has 0 aliphatic carbocycles. The highest BCUT2D eigenvalue weighted by molar-refractivity contribution is 6.11. The summed E-state index contributed by atoms with van der Waals surface area (Å²) in [6.45, 7) is 7.21. The summed E-state index contributed by atoms with van der Waals surface area (Å²) in [5, 5.41) is 3.55. The molecular weight excluding hydrogens is 540 g/mol. The maximum Gasteiger partial charge on any atom is 0.338 e. The second-order valence-electron chi connectivity index (χ2n) is 10.9. The van der Waals surface area contributed by atoms with Crippen molar-refractivity contribution < 1.29 is 28.5 Å². The zero-order valence-corrected chi connectivity index (χ0v) is 24.8. The Kier molecular flexibility index (Phi) is 9.26. The van der Waals surface area contributed by atoms with E-state index in [1.165, 1.54) is 5.56 Å². The van der Waals surface area contributed by atoms with Crippen LogP contribution in [0.25, 0.3) is 21.5 Å². The van der Waals surface area contributed by atoms with Crippen molar-refractivity contribution in [3.8, 4) is 11.5 Å². The molecule has 0 unspecified atom stereocenters. The Bertz CT molecular complexity index is 1710. The lowest BCUT2D eigenvalue weighted by Crippen LogP contribution is -2.16. The van der Waals surface area contributed by atoms with Crippen molar-refractivity contribution in [2.24, 2.45) is 0 Å². The summed E-state index contributed by atoms with van der Waals surface area (Å²) >= 11 is 0. The van der Waals surface area contributed by atoms with Crippen molar-refractivity contribution in [2.75, 3.05) is 26.4 Å². The monoisotopic (exact) mass is 576 g/mol. The highest BCUT2D eigenvalue weighted by atomic mass is 16.6. The molecule has 0 amide bonds. The van der Waals surface area contributed by atoms with E-state index in [2.05, 4.69) is 39.0 Å². The Hall–Kier alpha value is -4.84. The molecule has 43 heavy (non-hydrogen) atoms. The van der Waals surface area contributed by atoms with Crippen molar-refractivity contribution in [1.82, 2.24) is 0 Å². The lowest BCUT2D eigenvalue weighted by atomic mass is 9.81. The van der Waals surface area contributed by atoms with E-state index in [1.807, 2.05) is 36.4 Å². The van der Waals surface area contributed by atoms with Crippen molar-refractivity contribution in [3.63, 3.8) is 0 Å². The van der Waals surface area contributed by atoms with Gasteiger partial charge in [0.1, 0.15) is 37.9 Å². The van der Waals surface area contributed by atoms with Gasteiger partial charge >= 0.3 is 11.9 Å². The SMILES string of the molecule is CCC(C)(C)c1ccc2c(OCCOC(=O)c3ccccc3)c3ccccc3c(OCCOC(=O)c3ccccc3)c2c1. The number of ether oxygens (including phenoxy) is 4.